The van der Waals surface area contributed by atoms with Crippen LogP contribution in [0.25, 0.3) is 0 Å². The molecular weight excluding hydrogens is 326 g/mol. The van der Waals surface area contributed by atoms with Crippen LogP contribution in [0.3, 0.4) is 0 Å². The molecule has 3 rings (SSSR count). The molecule has 1 unspecified atom stereocenters. The largest absolute Gasteiger partial charge is 0.388 e. The van der Waals surface area contributed by atoms with Crippen molar-refractivity contribution in [1.29, 1.82) is 0 Å². The number of aromatic nitrogens is 3. The predicted molar refractivity (Wildman–Crippen MR) is 91.3 cm³/mol. The predicted octanol–water partition coefficient (Wildman–Crippen LogP) is 3.01. The molecule has 1 aliphatic rings. The van der Waals surface area contributed by atoms with Crippen LogP contribution in [0.15, 0.2) is 29.8 Å². The van der Waals surface area contributed by atoms with E-state index in [0.29, 0.717) is 17.9 Å². The normalized spacial score (nSPS) is 16.0. The minimum Gasteiger partial charge on any atom is -0.388 e. The van der Waals surface area contributed by atoms with Crippen LogP contribution in [0, 0.1) is 11.6 Å². The van der Waals surface area contributed by atoms with Gasteiger partial charge in [-0.1, -0.05) is 17.7 Å². The average Bonchev–Trinajstić information content (AvgIpc) is 2.99. The molecular formula is C18H22F2N4O. The van der Waals surface area contributed by atoms with Gasteiger partial charge in [-0.2, -0.15) is 0 Å². The number of nitrogens with zero attached hydrogens (tertiary/aromatic N) is 4. The maximum Gasteiger partial charge on any atom is 0.227 e. The average molecular weight is 348 g/mol. The van der Waals surface area contributed by atoms with Crippen molar-refractivity contribution >= 4 is 5.95 Å². The Labute approximate surface area is 145 Å². The number of rotatable bonds is 5. The highest BCUT2D eigenvalue weighted by molar-refractivity contribution is 5.36. The van der Waals surface area contributed by atoms with Crippen molar-refractivity contribution in [3.63, 3.8) is 0 Å². The fourth-order valence-electron chi connectivity index (χ4n) is 3.13. The van der Waals surface area contributed by atoms with Crippen LogP contribution in [0.2, 0.25) is 0 Å². The number of benzene rings is 1. The molecule has 134 valence electrons. The van der Waals surface area contributed by atoms with Gasteiger partial charge in [0.2, 0.25) is 5.95 Å². The van der Waals surface area contributed by atoms with Gasteiger partial charge >= 0.3 is 0 Å². The van der Waals surface area contributed by atoms with Gasteiger partial charge in [0.1, 0.15) is 5.82 Å². The number of aliphatic hydroxyl groups excluding tert-OH is 1. The van der Waals surface area contributed by atoms with E-state index in [1.807, 2.05) is 11.5 Å². The number of anilines is 1. The first-order chi connectivity index (χ1) is 12.0. The Balaban J connectivity index is 1.80. The monoisotopic (exact) mass is 348 g/mol. The fourth-order valence-corrected chi connectivity index (χ4v) is 3.13. The van der Waals surface area contributed by atoms with Crippen molar-refractivity contribution in [1.82, 2.24) is 14.8 Å². The summed E-state index contributed by atoms with van der Waals surface area (Å²) in [5.41, 5.74) is 1.61. The third-order valence-electron chi connectivity index (χ3n) is 4.44. The maximum atomic E-state index is 13.4. The molecule has 1 atom stereocenters. The lowest BCUT2D eigenvalue weighted by Gasteiger charge is -2.27. The Morgan fingerprint density at radius 1 is 1.24 bits per heavy atom. The zero-order valence-corrected chi connectivity index (χ0v) is 14.4. The second-order valence-electron chi connectivity index (χ2n) is 6.31. The molecule has 1 N–H and O–H groups in total. The Kier molecular flexibility index (Phi) is 5.13. The second-order valence-corrected chi connectivity index (χ2v) is 6.31. The van der Waals surface area contributed by atoms with Crippen molar-refractivity contribution in [2.45, 2.75) is 39.3 Å². The van der Waals surface area contributed by atoms with Crippen LogP contribution in [-0.4, -0.2) is 33.0 Å². The van der Waals surface area contributed by atoms with Crippen LogP contribution in [0.5, 0.6) is 0 Å². The van der Waals surface area contributed by atoms with Gasteiger partial charge in [-0.15, -0.1) is 10.2 Å². The van der Waals surface area contributed by atoms with Crippen LogP contribution >= 0.6 is 0 Å². The van der Waals surface area contributed by atoms with E-state index in [1.54, 1.807) is 0 Å². The zero-order valence-electron chi connectivity index (χ0n) is 14.4. The SMILES string of the molecule is CCn1c(CC(O)c2ccc(F)c(F)c2)nnc1N1CCC=C(C)C1. The summed E-state index contributed by atoms with van der Waals surface area (Å²) in [4.78, 5) is 2.17. The molecule has 25 heavy (non-hydrogen) atoms. The Morgan fingerprint density at radius 3 is 2.72 bits per heavy atom. The fraction of sp³-hybridized carbons (Fsp3) is 0.444. The lowest BCUT2D eigenvalue weighted by atomic mass is 10.1. The summed E-state index contributed by atoms with van der Waals surface area (Å²) in [6.45, 7) is 6.44. The van der Waals surface area contributed by atoms with Crippen LogP contribution in [0.1, 0.15) is 37.8 Å². The molecule has 0 saturated carbocycles. The van der Waals surface area contributed by atoms with Crippen molar-refractivity contribution in [3.8, 4) is 0 Å². The van der Waals surface area contributed by atoms with Gasteiger partial charge in [-0.25, -0.2) is 8.78 Å². The van der Waals surface area contributed by atoms with Crippen LogP contribution < -0.4 is 4.90 Å². The molecule has 0 aliphatic carbocycles. The molecule has 7 heteroatoms. The number of hydrogen-bond donors (Lipinski definition) is 1. The number of halogens is 2. The summed E-state index contributed by atoms with van der Waals surface area (Å²) >= 11 is 0. The Hall–Kier alpha value is -2.28. The van der Waals surface area contributed by atoms with Crippen molar-refractivity contribution < 1.29 is 13.9 Å². The highest BCUT2D eigenvalue weighted by Crippen LogP contribution is 2.23. The second kappa shape index (κ2) is 7.31. The zero-order chi connectivity index (χ0) is 18.0. The number of hydrogen-bond acceptors (Lipinski definition) is 4. The van der Waals surface area contributed by atoms with Crippen LogP contribution in [-0.2, 0) is 13.0 Å². The van der Waals surface area contributed by atoms with E-state index in [9.17, 15) is 13.9 Å². The highest BCUT2D eigenvalue weighted by atomic mass is 19.2. The first-order valence-corrected chi connectivity index (χ1v) is 8.45. The summed E-state index contributed by atoms with van der Waals surface area (Å²) in [7, 11) is 0. The van der Waals surface area contributed by atoms with E-state index in [4.69, 9.17) is 0 Å². The lowest BCUT2D eigenvalue weighted by Crippen LogP contribution is -2.31. The van der Waals surface area contributed by atoms with Crippen molar-refractivity contribution in [2.75, 3.05) is 18.0 Å². The van der Waals surface area contributed by atoms with Crippen molar-refractivity contribution in [2.24, 2.45) is 0 Å². The quantitative estimate of drug-likeness (QED) is 0.844. The van der Waals surface area contributed by atoms with E-state index >= 15 is 0 Å². The molecule has 1 aliphatic heterocycles. The minimum absolute atomic E-state index is 0.189. The summed E-state index contributed by atoms with van der Waals surface area (Å²) in [6, 6.07) is 3.43. The van der Waals surface area contributed by atoms with E-state index in [-0.39, 0.29) is 6.42 Å². The maximum absolute atomic E-state index is 13.4. The third-order valence-corrected chi connectivity index (χ3v) is 4.44. The van der Waals surface area contributed by atoms with Gasteiger partial charge in [0.15, 0.2) is 11.6 Å². The van der Waals surface area contributed by atoms with Crippen LogP contribution in [0.4, 0.5) is 14.7 Å². The smallest absolute Gasteiger partial charge is 0.227 e. The van der Waals surface area contributed by atoms with Gasteiger partial charge < -0.3 is 10.0 Å². The van der Waals surface area contributed by atoms with Crippen molar-refractivity contribution in [3.05, 3.63) is 52.9 Å². The molecule has 1 aromatic carbocycles. The first kappa shape index (κ1) is 17.5. The van der Waals surface area contributed by atoms with Gasteiger partial charge in [0, 0.05) is 26.1 Å². The van der Waals surface area contributed by atoms with E-state index in [1.165, 1.54) is 11.6 Å². The number of aliphatic hydroxyl groups is 1. The Bertz CT molecular complexity index is 787. The van der Waals surface area contributed by atoms with Gasteiger partial charge in [0.25, 0.3) is 0 Å². The molecule has 0 amide bonds. The van der Waals surface area contributed by atoms with Gasteiger partial charge in [-0.05, 0) is 38.0 Å². The topological polar surface area (TPSA) is 54.2 Å². The highest BCUT2D eigenvalue weighted by Gasteiger charge is 2.21. The van der Waals surface area contributed by atoms with Gasteiger partial charge in [0.05, 0.1) is 6.10 Å². The molecule has 0 saturated heterocycles. The molecule has 5 nitrogen and oxygen atoms in total. The van der Waals surface area contributed by atoms with Gasteiger partial charge in [-0.3, -0.25) is 4.57 Å². The molecule has 2 aromatic rings. The third kappa shape index (κ3) is 3.71. The summed E-state index contributed by atoms with van der Waals surface area (Å²) in [6.07, 6.45) is 2.40. The molecule has 0 radical (unpaired) electrons. The van der Waals surface area contributed by atoms with E-state index in [0.717, 1.165) is 37.6 Å². The summed E-state index contributed by atoms with van der Waals surface area (Å²) in [5, 5.41) is 18.9. The van der Waals surface area contributed by atoms with E-state index < -0.39 is 17.7 Å². The minimum atomic E-state index is -0.972. The molecule has 0 fully saturated rings. The Morgan fingerprint density at radius 2 is 2.04 bits per heavy atom. The molecule has 2 heterocycles. The summed E-state index contributed by atoms with van der Waals surface area (Å²) < 4.78 is 28.4. The molecule has 0 spiro atoms. The standard InChI is InChI=1S/C18H22F2N4O/c1-3-24-17(10-16(25)13-6-7-14(19)15(20)9-13)21-22-18(24)23-8-4-5-12(2)11-23/h5-7,9,16,25H,3-4,8,10-11H2,1-2H3. The first-order valence-electron chi connectivity index (χ1n) is 8.45. The molecule has 0 bridgehead atoms. The lowest BCUT2D eigenvalue weighted by molar-refractivity contribution is 0.174. The summed E-state index contributed by atoms with van der Waals surface area (Å²) in [5.74, 6) is -0.488. The van der Waals surface area contributed by atoms with E-state index in [2.05, 4.69) is 28.1 Å². The molecule has 1 aromatic heterocycles.